The van der Waals surface area contributed by atoms with Crippen LogP contribution in [0.1, 0.15) is 22.3 Å². The van der Waals surface area contributed by atoms with Crippen LogP contribution in [0.5, 0.6) is 0 Å². The van der Waals surface area contributed by atoms with Gasteiger partial charge in [0.1, 0.15) is 0 Å². The van der Waals surface area contributed by atoms with E-state index in [1.165, 1.54) is 71.3 Å². The maximum Gasteiger partial charge on any atom is 0.417 e. The second kappa shape index (κ2) is 17.3. The summed E-state index contributed by atoms with van der Waals surface area (Å²) in [5.41, 5.74) is -5.15. The van der Waals surface area contributed by atoms with Gasteiger partial charge in [0.2, 0.25) is 0 Å². The lowest BCUT2D eigenvalue weighted by atomic mass is 9.88. The zero-order valence-electron chi connectivity index (χ0n) is 36.3. The molecule has 0 unspecified atom stereocenters. The second-order valence-corrected chi connectivity index (χ2v) is 16.5. The molecule has 0 atom stereocenters. The van der Waals surface area contributed by atoms with E-state index in [9.17, 15) is 26.3 Å². The number of rotatable bonds is 7. The van der Waals surface area contributed by atoms with Gasteiger partial charge >= 0.3 is 24.7 Å². The van der Waals surface area contributed by atoms with Gasteiger partial charge in [-0.2, -0.15) is 52.7 Å². The van der Waals surface area contributed by atoms with E-state index in [1.807, 2.05) is 0 Å². The van der Waals surface area contributed by atoms with Gasteiger partial charge < -0.3 is 4.57 Å². The summed E-state index contributed by atoms with van der Waals surface area (Å²) < 4.78 is 178. The number of alkyl halides is 12. The van der Waals surface area contributed by atoms with Crippen LogP contribution < -0.4 is 0 Å². The van der Waals surface area contributed by atoms with Crippen molar-refractivity contribution in [2.24, 2.45) is 0 Å². The van der Waals surface area contributed by atoms with Crippen molar-refractivity contribution in [3.8, 4) is 73.0 Å². The molecule has 0 fully saturated rings. The number of benzene rings is 8. The number of hydrogen-bond acceptors (Lipinski definition) is 2. The van der Waals surface area contributed by atoms with Crippen molar-refractivity contribution >= 4 is 21.8 Å². The van der Waals surface area contributed by atoms with Crippen LogP contribution in [0.2, 0.25) is 0 Å². The molecule has 71 heavy (non-hydrogen) atoms. The number of aromatic nitrogens is 3. The Kier molecular flexibility index (Phi) is 11.4. The standard InChI is InChI=1S/C56H31F12N3/c57-53(58,59)36-24-25-37(46(30-36)56(66,67)68)34-23-26-50-41(27-34)40-19-9-12-22-49(40)71(50)51-42(38-17-7-10-20-44(38)54(60,61)62)28-35(29-43(51)39-18-8-11-21-45(39)55(63,64)65)52-69-47(32-13-3-1-4-14-32)31-48(70-52)33-15-5-2-6-16-33/h1-31H. The normalized spacial score (nSPS) is 12.5. The fourth-order valence-electron chi connectivity index (χ4n) is 9.02. The molecule has 3 nitrogen and oxygen atoms in total. The Morgan fingerprint density at radius 3 is 1.31 bits per heavy atom. The Labute approximate surface area is 395 Å². The van der Waals surface area contributed by atoms with E-state index in [4.69, 9.17) is 9.97 Å². The number of fused-ring (bicyclic) bond motifs is 3. The quantitative estimate of drug-likeness (QED) is 0.149. The predicted molar refractivity (Wildman–Crippen MR) is 249 cm³/mol. The van der Waals surface area contributed by atoms with Gasteiger partial charge in [-0.25, -0.2) is 9.97 Å². The predicted octanol–water partition coefficient (Wildman–Crippen LogP) is 17.7. The van der Waals surface area contributed by atoms with E-state index >= 15 is 26.3 Å². The van der Waals surface area contributed by atoms with Crippen LogP contribution in [0.25, 0.3) is 94.8 Å². The second-order valence-electron chi connectivity index (χ2n) is 16.5. The highest BCUT2D eigenvalue weighted by atomic mass is 19.4. The van der Waals surface area contributed by atoms with E-state index in [1.54, 1.807) is 91.0 Å². The lowest BCUT2D eigenvalue weighted by Crippen LogP contribution is -2.12. The smallest absolute Gasteiger partial charge is 0.308 e. The highest BCUT2D eigenvalue weighted by molar-refractivity contribution is 6.12. The Morgan fingerprint density at radius 2 is 0.789 bits per heavy atom. The summed E-state index contributed by atoms with van der Waals surface area (Å²) >= 11 is 0. The molecular formula is C56H31F12N3. The molecule has 8 aromatic carbocycles. The molecule has 2 aromatic heterocycles. The van der Waals surface area contributed by atoms with Gasteiger partial charge in [-0.1, -0.05) is 127 Å². The summed E-state index contributed by atoms with van der Waals surface area (Å²) in [6.45, 7) is 0. The molecule has 0 saturated heterocycles. The van der Waals surface area contributed by atoms with Crippen molar-refractivity contribution in [1.82, 2.24) is 14.5 Å². The Hall–Kier alpha value is -8.20. The molecule has 0 aliphatic heterocycles. The van der Waals surface area contributed by atoms with Gasteiger partial charge in [-0.15, -0.1) is 0 Å². The van der Waals surface area contributed by atoms with Crippen LogP contribution in [0, 0.1) is 0 Å². The van der Waals surface area contributed by atoms with E-state index in [-0.39, 0.29) is 56.3 Å². The summed E-state index contributed by atoms with van der Waals surface area (Å²) in [5.74, 6) is -0.0443. The van der Waals surface area contributed by atoms with Crippen molar-refractivity contribution < 1.29 is 52.7 Å². The van der Waals surface area contributed by atoms with Crippen molar-refractivity contribution in [1.29, 1.82) is 0 Å². The summed E-state index contributed by atoms with van der Waals surface area (Å²) in [6.07, 6.45) is -20.4. The summed E-state index contributed by atoms with van der Waals surface area (Å²) in [6, 6.07) is 42.8. The van der Waals surface area contributed by atoms with E-state index in [2.05, 4.69) is 0 Å². The molecule has 10 aromatic rings. The lowest BCUT2D eigenvalue weighted by molar-refractivity contribution is -0.143. The van der Waals surface area contributed by atoms with Crippen molar-refractivity contribution in [3.05, 3.63) is 210 Å². The minimum absolute atomic E-state index is 0.0151. The first-order valence-corrected chi connectivity index (χ1v) is 21.6. The van der Waals surface area contributed by atoms with Crippen molar-refractivity contribution in [3.63, 3.8) is 0 Å². The number of para-hydroxylation sites is 1. The molecule has 354 valence electrons. The maximum atomic E-state index is 15.4. The summed E-state index contributed by atoms with van der Waals surface area (Å²) in [7, 11) is 0. The largest absolute Gasteiger partial charge is 0.417 e. The topological polar surface area (TPSA) is 30.7 Å². The molecule has 15 heteroatoms. The van der Waals surface area contributed by atoms with Crippen LogP contribution in [-0.2, 0) is 24.7 Å². The van der Waals surface area contributed by atoms with E-state index in [0.717, 1.165) is 12.1 Å². The van der Waals surface area contributed by atoms with Crippen molar-refractivity contribution in [2.75, 3.05) is 0 Å². The third kappa shape index (κ3) is 8.76. The zero-order valence-corrected chi connectivity index (χ0v) is 36.3. The fourth-order valence-corrected chi connectivity index (χ4v) is 9.02. The first-order chi connectivity index (χ1) is 33.8. The average Bonchev–Trinajstić information content (AvgIpc) is 3.68. The van der Waals surface area contributed by atoms with Crippen LogP contribution in [0.15, 0.2) is 188 Å². The molecule has 0 saturated carbocycles. The first-order valence-electron chi connectivity index (χ1n) is 21.6. The molecule has 0 spiro atoms. The fraction of sp³-hybridized carbons (Fsp3) is 0.0714. The summed E-state index contributed by atoms with van der Waals surface area (Å²) in [4.78, 5) is 9.76. The Morgan fingerprint density at radius 1 is 0.310 bits per heavy atom. The van der Waals surface area contributed by atoms with Crippen molar-refractivity contribution in [2.45, 2.75) is 24.7 Å². The molecule has 0 bridgehead atoms. The van der Waals surface area contributed by atoms with Gasteiger partial charge in [0.25, 0.3) is 0 Å². The van der Waals surface area contributed by atoms with Gasteiger partial charge in [0, 0.05) is 38.6 Å². The lowest BCUT2D eigenvalue weighted by Gasteiger charge is -2.24. The number of nitrogens with zero attached hydrogens (tertiary/aromatic N) is 3. The van der Waals surface area contributed by atoms with Gasteiger partial charge in [-0.05, 0) is 82.9 Å². The average molecular weight is 974 g/mol. The van der Waals surface area contributed by atoms with Gasteiger partial charge in [0.15, 0.2) is 5.82 Å². The number of hydrogen-bond donors (Lipinski definition) is 0. The van der Waals surface area contributed by atoms with E-state index in [0.29, 0.717) is 40.0 Å². The summed E-state index contributed by atoms with van der Waals surface area (Å²) in [5, 5.41) is 0.497. The molecular weight excluding hydrogens is 943 g/mol. The third-order valence-electron chi connectivity index (χ3n) is 12.1. The first kappa shape index (κ1) is 46.5. The number of halogens is 12. The van der Waals surface area contributed by atoms with E-state index < -0.39 is 63.6 Å². The van der Waals surface area contributed by atoms with Gasteiger partial charge in [-0.3, -0.25) is 0 Å². The third-order valence-corrected chi connectivity index (χ3v) is 12.1. The molecule has 0 aliphatic rings. The highest BCUT2D eigenvalue weighted by Crippen LogP contribution is 2.50. The van der Waals surface area contributed by atoms with Crippen LogP contribution >= 0.6 is 0 Å². The minimum Gasteiger partial charge on any atom is -0.308 e. The molecule has 10 rings (SSSR count). The monoisotopic (exact) mass is 973 g/mol. The molecule has 0 aliphatic carbocycles. The highest BCUT2D eigenvalue weighted by Gasteiger charge is 2.40. The molecule has 0 N–H and O–H groups in total. The molecule has 0 radical (unpaired) electrons. The van der Waals surface area contributed by atoms with Crippen LogP contribution in [0.4, 0.5) is 52.7 Å². The molecule has 2 heterocycles. The van der Waals surface area contributed by atoms with Crippen LogP contribution in [0.3, 0.4) is 0 Å². The van der Waals surface area contributed by atoms with Gasteiger partial charge in [0.05, 0.1) is 50.4 Å². The SMILES string of the molecule is FC(F)(F)c1ccc(-c2ccc3c(c2)c2ccccc2n3-c2c(-c3ccccc3C(F)(F)F)cc(-c3nc(-c4ccccc4)cc(-c4ccccc4)n3)cc2-c2ccccc2C(F)(F)F)c(C(F)(F)F)c1. The Balaban J connectivity index is 1.35. The maximum absolute atomic E-state index is 15.4. The minimum atomic E-state index is -5.24. The molecule has 0 amide bonds. The zero-order chi connectivity index (χ0) is 50.0. The van der Waals surface area contributed by atoms with Crippen LogP contribution in [-0.4, -0.2) is 14.5 Å². The Bertz CT molecular complexity index is 3510.